The third-order valence-corrected chi connectivity index (χ3v) is 5.51. The number of rotatable bonds is 5. The van der Waals surface area contributed by atoms with E-state index in [9.17, 15) is 4.79 Å². The zero-order valence-electron chi connectivity index (χ0n) is 15.1. The highest BCUT2D eigenvalue weighted by Crippen LogP contribution is 2.35. The lowest BCUT2D eigenvalue weighted by molar-refractivity contribution is 0.0784. The van der Waals surface area contributed by atoms with Gasteiger partial charge >= 0.3 is 0 Å². The van der Waals surface area contributed by atoms with Crippen molar-refractivity contribution in [3.8, 4) is 28.1 Å². The molecule has 1 aliphatic heterocycles. The molecule has 4 rings (SSSR count). The second kappa shape index (κ2) is 8.24. The molecular weight excluding hydrogens is 370 g/mol. The highest BCUT2D eigenvalue weighted by atomic mass is 32.1. The first-order chi connectivity index (χ1) is 13.7. The van der Waals surface area contributed by atoms with E-state index in [2.05, 4.69) is 11.1 Å². The van der Waals surface area contributed by atoms with Crippen molar-refractivity contribution in [1.29, 1.82) is 5.26 Å². The molecule has 1 aliphatic rings. The van der Waals surface area contributed by atoms with Gasteiger partial charge in [0.2, 0.25) is 0 Å². The Morgan fingerprint density at radius 1 is 1.21 bits per heavy atom. The summed E-state index contributed by atoms with van der Waals surface area (Å²) in [6, 6.07) is 19.3. The Kier molecular flexibility index (Phi) is 5.36. The number of ether oxygens (including phenoxy) is 1. The molecule has 1 fully saturated rings. The van der Waals surface area contributed by atoms with Crippen LogP contribution in [0.1, 0.15) is 16.9 Å². The van der Waals surface area contributed by atoms with Crippen LogP contribution in [0.15, 0.2) is 60.0 Å². The second-order valence-corrected chi connectivity index (χ2v) is 7.40. The molecule has 3 aromatic rings. The van der Waals surface area contributed by atoms with Gasteiger partial charge in [0.1, 0.15) is 22.2 Å². The molecule has 1 aromatic heterocycles. The number of hydrogen-bond donors (Lipinski definition) is 0. The van der Waals surface area contributed by atoms with Gasteiger partial charge in [0, 0.05) is 18.5 Å². The summed E-state index contributed by atoms with van der Waals surface area (Å²) < 4.78 is 6.01. The maximum atomic E-state index is 12.8. The van der Waals surface area contributed by atoms with E-state index in [0.717, 1.165) is 22.7 Å². The number of hydrogen-bond acceptors (Lipinski definition) is 5. The smallest absolute Gasteiger partial charge is 0.273 e. The van der Waals surface area contributed by atoms with E-state index in [-0.39, 0.29) is 11.8 Å². The maximum absolute atomic E-state index is 12.8. The largest absolute Gasteiger partial charge is 0.457 e. The first kappa shape index (κ1) is 18.2. The summed E-state index contributed by atoms with van der Waals surface area (Å²) in [6.07, 6.45) is 2.43. The Balaban J connectivity index is 1.54. The Bertz CT molecular complexity index is 1010. The summed E-state index contributed by atoms with van der Waals surface area (Å²) in [5.41, 5.74) is 1.29. The van der Waals surface area contributed by atoms with Gasteiger partial charge in [-0.05, 0) is 36.6 Å². The van der Waals surface area contributed by atoms with Crippen LogP contribution in [-0.2, 0) is 0 Å². The van der Waals surface area contributed by atoms with Crippen LogP contribution in [0.5, 0.6) is 11.5 Å². The molecule has 2 aromatic carbocycles. The lowest BCUT2D eigenvalue weighted by Crippen LogP contribution is -2.28. The van der Waals surface area contributed by atoms with E-state index >= 15 is 0 Å². The van der Waals surface area contributed by atoms with Crippen LogP contribution in [0.3, 0.4) is 0 Å². The van der Waals surface area contributed by atoms with Crippen LogP contribution in [-0.4, -0.2) is 28.9 Å². The summed E-state index contributed by atoms with van der Waals surface area (Å²) in [6.45, 7) is 1.23. The van der Waals surface area contributed by atoms with Crippen molar-refractivity contribution in [1.82, 2.24) is 9.88 Å². The second-order valence-electron chi connectivity index (χ2n) is 6.54. The number of nitriles is 1. The third kappa shape index (κ3) is 3.90. The summed E-state index contributed by atoms with van der Waals surface area (Å²) in [5.74, 6) is 1.51. The third-order valence-electron chi connectivity index (χ3n) is 4.63. The van der Waals surface area contributed by atoms with E-state index in [0.29, 0.717) is 24.5 Å². The topological polar surface area (TPSA) is 66.2 Å². The molecular formula is C22H18N3O2S. The molecule has 28 heavy (non-hydrogen) atoms. The van der Waals surface area contributed by atoms with Crippen molar-refractivity contribution in [2.24, 2.45) is 5.92 Å². The number of carbonyl (C=O) groups excluding carboxylic acids is 1. The number of likely N-dealkylation sites (tertiary alicyclic amines) is 1. The molecule has 0 unspecified atom stereocenters. The first-order valence-corrected chi connectivity index (χ1v) is 9.92. The van der Waals surface area contributed by atoms with Gasteiger partial charge in [-0.15, -0.1) is 11.3 Å². The molecule has 6 heteroatoms. The van der Waals surface area contributed by atoms with Crippen molar-refractivity contribution in [3.05, 3.63) is 72.1 Å². The van der Waals surface area contributed by atoms with Crippen LogP contribution >= 0.6 is 11.3 Å². The maximum Gasteiger partial charge on any atom is 0.273 e. The number of aromatic nitrogens is 1. The van der Waals surface area contributed by atoms with Crippen LogP contribution in [0.4, 0.5) is 0 Å². The van der Waals surface area contributed by atoms with Gasteiger partial charge < -0.3 is 9.64 Å². The fourth-order valence-electron chi connectivity index (χ4n) is 3.22. The van der Waals surface area contributed by atoms with Gasteiger partial charge in [0.05, 0.1) is 18.1 Å². The fourth-order valence-corrected chi connectivity index (χ4v) is 4.04. The normalized spacial score (nSPS) is 16.0. The van der Waals surface area contributed by atoms with Crippen LogP contribution in [0.2, 0.25) is 0 Å². The van der Waals surface area contributed by atoms with E-state index in [4.69, 9.17) is 10.00 Å². The standard InChI is InChI=1S/C22H18N3O2S/c23-12-10-16-11-13-25(14-16)22(26)19-15-28-21(24-19)18-8-4-5-9-20(18)27-17-6-2-1-3-7-17/h1-10,15-16H,11,13-14H2/t16-/m0/s1. The van der Waals surface area contributed by atoms with Crippen molar-refractivity contribution in [2.45, 2.75) is 6.42 Å². The average Bonchev–Trinajstić information content (AvgIpc) is 3.39. The predicted octanol–water partition coefficient (Wildman–Crippen LogP) is 4.79. The number of benzene rings is 2. The van der Waals surface area contributed by atoms with E-state index in [1.807, 2.05) is 54.6 Å². The summed E-state index contributed by atoms with van der Waals surface area (Å²) in [4.78, 5) is 19.1. The highest BCUT2D eigenvalue weighted by molar-refractivity contribution is 7.13. The molecule has 5 nitrogen and oxygen atoms in total. The molecule has 1 amide bonds. The SMILES string of the molecule is N#C[CH][C@H]1CCN(C(=O)c2csc(-c3ccccc3Oc3ccccc3)n2)C1. The number of nitrogens with zero attached hydrogens (tertiary/aromatic N) is 3. The van der Waals surface area contributed by atoms with Gasteiger partial charge in [-0.2, -0.15) is 5.26 Å². The summed E-state index contributed by atoms with van der Waals surface area (Å²) >= 11 is 1.43. The minimum atomic E-state index is -0.0854. The van der Waals surface area contributed by atoms with Crippen molar-refractivity contribution >= 4 is 17.2 Å². The number of carbonyl (C=O) groups is 1. The molecule has 1 saturated heterocycles. The Labute approximate surface area is 167 Å². The first-order valence-electron chi connectivity index (χ1n) is 9.04. The van der Waals surface area contributed by atoms with Crippen LogP contribution in [0.25, 0.3) is 10.6 Å². The minimum absolute atomic E-state index is 0.0854. The van der Waals surface area contributed by atoms with Crippen molar-refractivity contribution in [3.63, 3.8) is 0 Å². The van der Waals surface area contributed by atoms with Crippen molar-refractivity contribution < 1.29 is 9.53 Å². The van der Waals surface area contributed by atoms with E-state index in [1.54, 1.807) is 16.7 Å². The number of amides is 1. The van der Waals surface area contributed by atoms with Gasteiger partial charge in [0.15, 0.2) is 0 Å². The zero-order chi connectivity index (χ0) is 19.3. The molecule has 139 valence electrons. The quantitative estimate of drug-likeness (QED) is 0.630. The van der Waals surface area contributed by atoms with Crippen molar-refractivity contribution in [2.75, 3.05) is 13.1 Å². The monoisotopic (exact) mass is 388 g/mol. The van der Waals surface area contributed by atoms with Gasteiger partial charge in [-0.1, -0.05) is 30.3 Å². The fraction of sp³-hybridized carbons (Fsp3) is 0.182. The molecule has 1 radical (unpaired) electrons. The zero-order valence-corrected chi connectivity index (χ0v) is 15.9. The molecule has 0 bridgehead atoms. The Morgan fingerprint density at radius 3 is 2.82 bits per heavy atom. The molecule has 2 heterocycles. The highest BCUT2D eigenvalue weighted by Gasteiger charge is 2.28. The minimum Gasteiger partial charge on any atom is -0.457 e. The lowest BCUT2D eigenvalue weighted by atomic mass is 10.1. The number of thiazole rings is 1. The lowest BCUT2D eigenvalue weighted by Gasteiger charge is -2.14. The predicted molar refractivity (Wildman–Crippen MR) is 108 cm³/mol. The summed E-state index contributed by atoms with van der Waals surface area (Å²) in [5, 5.41) is 11.3. The molecule has 0 saturated carbocycles. The Morgan fingerprint density at radius 2 is 2.00 bits per heavy atom. The molecule has 0 spiro atoms. The van der Waals surface area contributed by atoms with Crippen LogP contribution < -0.4 is 4.74 Å². The molecule has 1 atom stereocenters. The van der Waals surface area contributed by atoms with Gasteiger partial charge in [0.25, 0.3) is 5.91 Å². The van der Waals surface area contributed by atoms with Gasteiger partial charge in [-0.25, -0.2) is 4.98 Å². The number of para-hydroxylation sites is 2. The van der Waals surface area contributed by atoms with E-state index < -0.39 is 0 Å². The molecule has 0 aliphatic carbocycles. The summed E-state index contributed by atoms with van der Waals surface area (Å²) in [7, 11) is 0. The van der Waals surface area contributed by atoms with E-state index in [1.165, 1.54) is 11.3 Å². The Hall–Kier alpha value is -3.17. The molecule has 0 N–H and O–H groups in total. The van der Waals surface area contributed by atoms with Gasteiger partial charge in [-0.3, -0.25) is 4.79 Å². The average molecular weight is 388 g/mol. The van der Waals surface area contributed by atoms with Crippen LogP contribution in [0, 0.1) is 23.7 Å².